The van der Waals surface area contributed by atoms with Crippen molar-refractivity contribution in [1.82, 2.24) is 5.32 Å². The minimum absolute atomic E-state index is 0.0231. The Balaban J connectivity index is 2.05. The molecule has 4 nitrogen and oxygen atoms in total. The third kappa shape index (κ3) is 2.84. The lowest BCUT2D eigenvalue weighted by Crippen LogP contribution is -2.17. The van der Waals surface area contributed by atoms with E-state index in [9.17, 15) is 5.11 Å². The lowest BCUT2D eigenvalue weighted by atomic mass is 10.1. The summed E-state index contributed by atoms with van der Waals surface area (Å²) < 4.78 is 10.2. The van der Waals surface area contributed by atoms with E-state index in [4.69, 9.17) is 9.15 Å². The zero-order valence-corrected chi connectivity index (χ0v) is 10.5. The van der Waals surface area contributed by atoms with Crippen molar-refractivity contribution in [2.45, 2.75) is 19.5 Å². The maximum absolute atomic E-state index is 9.84. The van der Waals surface area contributed by atoms with Gasteiger partial charge in [-0.2, -0.15) is 0 Å². The summed E-state index contributed by atoms with van der Waals surface area (Å²) in [5, 5.41) is 13.2. The van der Waals surface area contributed by atoms with E-state index >= 15 is 0 Å². The fourth-order valence-electron chi connectivity index (χ4n) is 1.78. The molecule has 4 heteroatoms. The van der Waals surface area contributed by atoms with Crippen LogP contribution in [0.3, 0.4) is 0 Å². The number of benzene rings is 1. The molecule has 1 aromatic carbocycles. The van der Waals surface area contributed by atoms with Crippen LogP contribution >= 0.6 is 0 Å². The van der Waals surface area contributed by atoms with Gasteiger partial charge in [0.25, 0.3) is 0 Å². The average molecular weight is 247 g/mol. The zero-order valence-electron chi connectivity index (χ0n) is 10.5. The Bertz CT molecular complexity index is 494. The maximum atomic E-state index is 9.84. The first kappa shape index (κ1) is 12.5. The highest BCUT2D eigenvalue weighted by Gasteiger charge is 2.11. The van der Waals surface area contributed by atoms with Crippen LogP contribution in [-0.2, 0) is 6.54 Å². The fourth-order valence-corrected chi connectivity index (χ4v) is 1.78. The van der Waals surface area contributed by atoms with Crippen LogP contribution in [0.15, 0.2) is 41.2 Å². The molecule has 0 fully saturated rings. The minimum Gasteiger partial charge on any atom is -0.508 e. The fraction of sp³-hybridized carbons (Fsp3) is 0.286. The summed E-state index contributed by atoms with van der Waals surface area (Å²) in [5.41, 5.74) is 1.89. The van der Waals surface area contributed by atoms with Crippen LogP contribution in [0.1, 0.15) is 24.1 Å². The molecular formula is C14H17NO3. The molecule has 0 aliphatic rings. The lowest BCUT2D eigenvalue weighted by Gasteiger charge is -2.16. The Labute approximate surface area is 106 Å². The van der Waals surface area contributed by atoms with E-state index in [1.807, 2.05) is 19.1 Å². The molecular weight excluding hydrogens is 230 g/mol. The van der Waals surface area contributed by atoms with Gasteiger partial charge in [-0.25, -0.2) is 0 Å². The standard InChI is InChI=1S/C14H17NO3/c1-10(15-8-11-5-6-18-9-11)13-7-12(17-2)3-4-14(13)16/h3-7,9-10,15-16H,8H2,1-2H3. The number of nitrogens with one attached hydrogen (secondary N) is 1. The largest absolute Gasteiger partial charge is 0.508 e. The lowest BCUT2D eigenvalue weighted by molar-refractivity contribution is 0.407. The number of furan rings is 1. The third-order valence-electron chi connectivity index (χ3n) is 2.89. The first-order valence-corrected chi connectivity index (χ1v) is 5.82. The molecule has 0 radical (unpaired) electrons. The SMILES string of the molecule is COc1ccc(O)c(C(C)NCc2ccoc2)c1. The van der Waals surface area contributed by atoms with Crippen LogP contribution in [0, 0.1) is 0 Å². The van der Waals surface area contributed by atoms with Gasteiger partial charge >= 0.3 is 0 Å². The first-order valence-electron chi connectivity index (χ1n) is 5.82. The molecule has 0 spiro atoms. The molecule has 2 rings (SSSR count). The number of hydrogen-bond acceptors (Lipinski definition) is 4. The van der Waals surface area contributed by atoms with Crippen molar-refractivity contribution in [2.24, 2.45) is 0 Å². The van der Waals surface area contributed by atoms with Crippen LogP contribution in [-0.4, -0.2) is 12.2 Å². The van der Waals surface area contributed by atoms with Gasteiger partial charge in [0.2, 0.25) is 0 Å². The van der Waals surface area contributed by atoms with Crippen molar-refractivity contribution in [2.75, 3.05) is 7.11 Å². The molecule has 1 atom stereocenters. The van der Waals surface area contributed by atoms with Crippen LogP contribution in [0.25, 0.3) is 0 Å². The van der Waals surface area contributed by atoms with Crippen LogP contribution in [0.5, 0.6) is 11.5 Å². The molecule has 2 aromatic rings. The summed E-state index contributed by atoms with van der Waals surface area (Å²) in [5.74, 6) is 1.00. The molecule has 0 saturated carbocycles. The Morgan fingerprint density at radius 2 is 2.22 bits per heavy atom. The van der Waals surface area contributed by atoms with E-state index in [1.165, 1.54) is 0 Å². The van der Waals surface area contributed by atoms with Crippen molar-refractivity contribution < 1.29 is 14.3 Å². The predicted molar refractivity (Wildman–Crippen MR) is 68.6 cm³/mol. The smallest absolute Gasteiger partial charge is 0.120 e. The first-order chi connectivity index (χ1) is 8.70. The second kappa shape index (κ2) is 5.60. The quantitative estimate of drug-likeness (QED) is 0.853. The summed E-state index contributed by atoms with van der Waals surface area (Å²) in [4.78, 5) is 0. The van der Waals surface area contributed by atoms with Crippen LogP contribution < -0.4 is 10.1 Å². The number of aromatic hydroxyl groups is 1. The summed E-state index contributed by atoms with van der Waals surface area (Å²) in [6.07, 6.45) is 3.34. The van der Waals surface area contributed by atoms with Crippen molar-refractivity contribution in [3.05, 3.63) is 47.9 Å². The van der Waals surface area contributed by atoms with E-state index in [0.717, 1.165) is 16.9 Å². The summed E-state index contributed by atoms with van der Waals surface area (Å²) >= 11 is 0. The molecule has 0 amide bonds. The van der Waals surface area contributed by atoms with Crippen molar-refractivity contribution >= 4 is 0 Å². The molecule has 2 N–H and O–H groups in total. The number of phenolic OH excluding ortho intramolecular Hbond substituents is 1. The minimum atomic E-state index is 0.0231. The molecule has 0 aliphatic heterocycles. The van der Waals surface area contributed by atoms with E-state index < -0.39 is 0 Å². The molecule has 96 valence electrons. The van der Waals surface area contributed by atoms with Gasteiger partial charge in [-0.3, -0.25) is 0 Å². The van der Waals surface area contributed by atoms with E-state index in [-0.39, 0.29) is 11.8 Å². The highest BCUT2D eigenvalue weighted by Crippen LogP contribution is 2.28. The van der Waals surface area contributed by atoms with Gasteiger partial charge in [-0.15, -0.1) is 0 Å². The Morgan fingerprint density at radius 3 is 2.89 bits per heavy atom. The van der Waals surface area contributed by atoms with Gasteiger partial charge in [0.1, 0.15) is 11.5 Å². The third-order valence-corrected chi connectivity index (χ3v) is 2.89. The monoisotopic (exact) mass is 247 g/mol. The summed E-state index contributed by atoms with van der Waals surface area (Å²) in [6, 6.07) is 7.15. The molecule has 0 saturated heterocycles. The number of rotatable bonds is 5. The van der Waals surface area contributed by atoms with Gasteiger partial charge in [-0.1, -0.05) is 0 Å². The molecule has 1 heterocycles. The second-order valence-corrected chi connectivity index (χ2v) is 4.16. The summed E-state index contributed by atoms with van der Waals surface area (Å²) in [6.45, 7) is 2.68. The van der Waals surface area contributed by atoms with Gasteiger partial charge < -0.3 is 19.6 Å². The zero-order chi connectivity index (χ0) is 13.0. The molecule has 0 bridgehead atoms. The highest BCUT2D eigenvalue weighted by atomic mass is 16.5. The van der Waals surface area contributed by atoms with Crippen LogP contribution in [0.2, 0.25) is 0 Å². The van der Waals surface area contributed by atoms with Gasteiger partial charge in [0.15, 0.2) is 0 Å². The van der Waals surface area contributed by atoms with E-state index in [2.05, 4.69) is 5.32 Å². The normalized spacial score (nSPS) is 12.3. The highest BCUT2D eigenvalue weighted by molar-refractivity contribution is 5.41. The topological polar surface area (TPSA) is 54.6 Å². The van der Waals surface area contributed by atoms with E-state index in [1.54, 1.807) is 31.8 Å². The van der Waals surface area contributed by atoms with Gasteiger partial charge in [-0.05, 0) is 31.2 Å². The Kier molecular flexibility index (Phi) is 3.89. The molecule has 18 heavy (non-hydrogen) atoms. The van der Waals surface area contributed by atoms with Gasteiger partial charge in [0, 0.05) is 23.7 Å². The maximum Gasteiger partial charge on any atom is 0.120 e. The number of ether oxygens (including phenoxy) is 1. The molecule has 1 unspecified atom stereocenters. The number of phenols is 1. The van der Waals surface area contributed by atoms with Crippen molar-refractivity contribution in [1.29, 1.82) is 0 Å². The molecule has 0 aliphatic carbocycles. The van der Waals surface area contributed by atoms with Crippen LogP contribution in [0.4, 0.5) is 0 Å². The predicted octanol–water partition coefficient (Wildman–Crippen LogP) is 2.84. The summed E-state index contributed by atoms with van der Waals surface area (Å²) in [7, 11) is 1.61. The Morgan fingerprint density at radius 1 is 1.39 bits per heavy atom. The van der Waals surface area contributed by atoms with Gasteiger partial charge in [0.05, 0.1) is 19.6 Å². The second-order valence-electron chi connectivity index (χ2n) is 4.16. The Hall–Kier alpha value is -1.94. The van der Waals surface area contributed by atoms with Crippen molar-refractivity contribution in [3.63, 3.8) is 0 Å². The molecule has 1 aromatic heterocycles. The number of hydrogen-bond donors (Lipinski definition) is 2. The average Bonchev–Trinajstić information content (AvgIpc) is 2.89. The van der Waals surface area contributed by atoms with Crippen molar-refractivity contribution in [3.8, 4) is 11.5 Å². The van der Waals surface area contributed by atoms with E-state index in [0.29, 0.717) is 6.54 Å². The number of methoxy groups -OCH3 is 1.